The predicted octanol–water partition coefficient (Wildman–Crippen LogP) is 2.35. The van der Waals surface area contributed by atoms with E-state index in [1.54, 1.807) is 19.1 Å². The average molecular weight is 265 g/mol. The molecule has 0 aromatic carbocycles. The Labute approximate surface area is 112 Å². The predicted molar refractivity (Wildman–Crippen MR) is 68.9 cm³/mol. The highest BCUT2D eigenvalue weighted by atomic mass is 16.4. The summed E-state index contributed by atoms with van der Waals surface area (Å²) in [7, 11) is 0. The van der Waals surface area contributed by atoms with Gasteiger partial charge in [-0.25, -0.2) is 4.79 Å². The van der Waals surface area contributed by atoms with Crippen LogP contribution in [0.5, 0.6) is 0 Å². The highest BCUT2D eigenvalue weighted by Crippen LogP contribution is 2.26. The van der Waals surface area contributed by atoms with Gasteiger partial charge in [0.05, 0.1) is 0 Å². The van der Waals surface area contributed by atoms with Crippen LogP contribution in [0.1, 0.15) is 48.4 Å². The Balaban J connectivity index is 2.04. The Morgan fingerprint density at radius 3 is 2.53 bits per heavy atom. The SMILES string of the molecule is Cc1ccc(C(=O)NC(C(=O)O)C2CCCCC2)o1. The molecule has 0 aliphatic heterocycles. The lowest BCUT2D eigenvalue weighted by molar-refractivity contribution is -0.141. The van der Waals surface area contributed by atoms with Gasteiger partial charge in [-0.05, 0) is 37.8 Å². The first-order valence-electron chi connectivity index (χ1n) is 6.68. The number of aliphatic carboxylic acids is 1. The van der Waals surface area contributed by atoms with Gasteiger partial charge in [-0.15, -0.1) is 0 Å². The van der Waals surface area contributed by atoms with Crippen LogP contribution in [-0.4, -0.2) is 23.0 Å². The molecule has 2 N–H and O–H groups in total. The monoisotopic (exact) mass is 265 g/mol. The molecule has 5 heteroatoms. The van der Waals surface area contributed by atoms with Crippen molar-refractivity contribution in [2.45, 2.75) is 45.1 Å². The van der Waals surface area contributed by atoms with Gasteiger partial charge in [0, 0.05) is 0 Å². The summed E-state index contributed by atoms with van der Waals surface area (Å²) in [6.45, 7) is 1.74. The fourth-order valence-corrected chi connectivity index (χ4v) is 2.62. The van der Waals surface area contributed by atoms with E-state index in [9.17, 15) is 14.7 Å². The first kappa shape index (κ1) is 13.6. The summed E-state index contributed by atoms with van der Waals surface area (Å²) in [5, 5.41) is 11.9. The lowest BCUT2D eigenvalue weighted by Gasteiger charge is -2.27. The van der Waals surface area contributed by atoms with Gasteiger partial charge in [0.1, 0.15) is 11.8 Å². The first-order chi connectivity index (χ1) is 9.08. The number of hydrogen-bond acceptors (Lipinski definition) is 3. The van der Waals surface area contributed by atoms with Crippen LogP contribution in [0, 0.1) is 12.8 Å². The van der Waals surface area contributed by atoms with Gasteiger partial charge in [0.2, 0.25) is 0 Å². The second-order valence-electron chi connectivity index (χ2n) is 5.10. The van der Waals surface area contributed by atoms with Gasteiger partial charge in [0.25, 0.3) is 5.91 Å². The third kappa shape index (κ3) is 3.36. The van der Waals surface area contributed by atoms with E-state index >= 15 is 0 Å². The van der Waals surface area contributed by atoms with Crippen LogP contribution < -0.4 is 5.32 Å². The molecule has 1 saturated carbocycles. The van der Waals surface area contributed by atoms with Crippen LogP contribution in [0.15, 0.2) is 16.5 Å². The van der Waals surface area contributed by atoms with Crippen LogP contribution >= 0.6 is 0 Å². The number of aryl methyl sites for hydroxylation is 1. The maximum Gasteiger partial charge on any atom is 0.326 e. The number of nitrogens with one attached hydrogen (secondary N) is 1. The summed E-state index contributed by atoms with van der Waals surface area (Å²) >= 11 is 0. The van der Waals surface area contributed by atoms with Crippen molar-refractivity contribution in [3.63, 3.8) is 0 Å². The van der Waals surface area contributed by atoms with E-state index in [-0.39, 0.29) is 11.7 Å². The van der Waals surface area contributed by atoms with Gasteiger partial charge >= 0.3 is 5.97 Å². The third-order valence-corrected chi connectivity index (χ3v) is 3.64. The number of carbonyl (C=O) groups excluding carboxylic acids is 1. The molecule has 1 atom stereocenters. The maximum absolute atomic E-state index is 11.9. The van der Waals surface area contributed by atoms with Crippen molar-refractivity contribution in [1.29, 1.82) is 0 Å². The van der Waals surface area contributed by atoms with E-state index in [2.05, 4.69) is 5.32 Å². The topological polar surface area (TPSA) is 79.5 Å². The largest absolute Gasteiger partial charge is 0.480 e. The molecule has 104 valence electrons. The molecule has 19 heavy (non-hydrogen) atoms. The normalized spacial score (nSPS) is 17.9. The second kappa shape index (κ2) is 5.91. The van der Waals surface area contributed by atoms with Crippen molar-refractivity contribution in [2.24, 2.45) is 5.92 Å². The minimum Gasteiger partial charge on any atom is -0.480 e. The molecule has 0 saturated heterocycles. The fourth-order valence-electron chi connectivity index (χ4n) is 2.62. The number of carboxylic acid groups (broad SMARTS) is 1. The van der Waals surface area contributed by atoms with E-state index in [4.69, 9.17) is 4.42 Å². The Bertz CT molecular complexity index is 460. The van der Waals surface area contributed by atoms with E-state index < -0.39 is 17.9 Å². The van der Waals surface area contributed by atoms with Crippen molar-refractivity contribution in [1.82, 2.24) is 5.32 Å². The van der Waals surface area contributed by atoms with Crippen molar-refractivity contribution in [2.75, 3.05) is 0 Å². The molecule has 5 nitrogen and oxygen atoms in total. The van der Waals surface area contributed by atoms with Crippen molar-refractivity contribution in [3.05, 3.63) is 23.7 Å². The highest BCUT2D eigenvalue weighted by Gasteiger charge is 2.31. The number of carbonyl (C=O) groups is 2. The molecular formula is C14H19NO4. The summed E-state index contributed by atoms with van der Waals surface area (Å²) in [5.41, 5.74) is 0. The molecule has 1 amide bonds. The molecule has 1 aliphatic rings. The smallest absolute Gasteiger partial charge is 0.326 e. The molecule has 0 radical (unpaired) electrons. The Morgan fingerprint density at radius 1 is 1.32 bits per heavy atom. The molecule has 1 heterocycles. The maximum atomic E-state index is 11.9. The summed E-state index contributed by atoms with van der Waals surface area (Å²) in [5.74, 6) is -0.602. The van der Waals surface area contributed by atoms with Gasteiger partial charge in [-0.3, -0.25) is 4.79 Å². The molecule has 1 aromatic heterocycles. The van der Waals surface area contributed by atoms with E-state index in [0.29, 0.717) is 5.76 Å². The highest BCUT2D eigenvalue weighted by molar-refractivity contribution is 5.94. The van der Waals surface area contributed by atoms with E-state index in [1.165, 1.54) is 0 Å². The molecule has 1 aromatic rings. The molecule has 1 unspecified atom stereocenters. The number of amides is 1. The third-order valence-electron chi connectivity index (χ3n) is 3.64. The lowest BCUT2D eigenvalue weighted by Crippen LogP contribution is -2.46. The number of hydrogen-bond donors (Lipinski definition) is 2. The number of rotatable bonds is 4. The molecule has 0 spiro atoms. The molecule has 0 bridgehead atoms. The summed E-state index contributed by atoms with van der Waals surface area (Å²) in [4.78, 5) is 23.3. The Hall–Kier alpha value is -1.78. The summed E-state index contributed by atoms with van der Waals surface area (Å²) < 4.78 is 5.21. The fraction of sp³-hybridized carbons (Fsp3) is 0.571. The van der Waals surface area contributed by atoms with Crippen LogP contribution in [-0.2, 0) is 4.79 Å². The van der Waals surface area contributed by atoms with Crippen molar-refractivity contribution < 1.29 is 19.1 Å². The molecular weight excluding hydrogens is 246 g/mol. The zero-order valence-corrected chi connectivity index (χ0v) is 11.0. The molecule has 2 rings (SSSR count). The van der Waals surface area contributed by atoms with Crippen LogP contribution in [0.3, 0.4) is 0 Å². The van der Waals surface area contributed by atoms with Gasteiger partial charge in [-0.2, -0.15) is 0 Å². The van der Waals surface area contributed by atoms with Crippen molar-refractivity contribution in [3.8, 4) is 0 Å². The van der Waals surface area contributed by atoms with E-state index in [1.807, 2.05) is 0 Å². The van der Waals surface area contributed by atoms with Crippen LogP contribution in [0.25, 0.3) is 0 Å². The zero-order valence-electron chi connectivity index (χ0n) is 11.0. The van der Waals surface area contributed by atoms with Crippen molar-refractivity contribution >= 4 is 11.9 Å². The Morgan fingerprint density at radius 2 is 2.00 bits per heavy atom. The average Bonchev–Trinajstić information content (AvgIpc) is 2.83. The minimum absolute atomic E-state index is 0.0197. The number of carboxylic acids is 1. The van der Waals surface area contributed by atoms with Crippen LogP contribution in [0.2, 0.25) is 0 Å². The minimum atomic E-state index is -0.969. The molecule has 1 aliphatic carbocycles. The van der Waals surface area contributed by atoms with Gasteiger partial charge in [-0.1, -0.05) is 19.3 Å². The number of furan rings is 1. The quantitative estimate of drug-likeness (QED) is 0.875. The standard InChI is InChI=1S/C14H19NO4/c1-9-7-8-11(19-9)13(16)15-12(14(17)18)10-5-3-2-4-6-10/h7-8,10,12H,2-6H2,1H3,(H,15,16)(H,17,18). The molecule has 1 fully saturated rings. The van der Waals surface area contributed by atoms with E-state index in [0.717, 1.165) is 32.1 Å². The Kier molecular flexibility index (Phi) is 4.24. The summed E-state index contributed by atoms with van der Waals surface area (Å²) in [6.07, 6.45) is 4.92. The van der Waals surface area contributed by atoms with Gasteiger partial charge < -0.3 is 14.8 Å². The lowest BCUT2D eigenvalue weighted by atomic mass is 9.84. The van der Waals surface area contributed by atoms with Gasteiger partial charge in [0.15, 0.2) is 5.76 Å². The van der Waals surface area contributed by atoms with Crippen LogP contribution in [0.4, 0.5) is 0 Å². The zero-order chi connectivity index (χ0) is 13.8. The first-order valence-corrected chi connectivity index (χ1v) is 6.68. The summed E-state index contributed by atoms with van der Waals surface area (Å²) in [6, 6.07) is 2.42. The second-order valence-corrected chi connectivity index (χ2v) is 5.10.